The zero-order valence-corrected chi connectivity index (χ0v) is 13.2. The van der Waals surface area contributed by atoms with E-state index in [9.17, 15) is 4.79 Å². The number of nitrogens with one attached hydrogen (secondary N) is 1. The van der Waals surface area contributed by atoms with E-state index in [2.05, 4.69) is 24.1 Å². The molecule has 1 heterocycles. The highest BCUT2D eigenvalue weighted by Crippen LogP contribution is 2.23. The van der Waals surface area contributed by atoms with Crippen LogP contribution >= 0.6 is 0 Å². The van der Waals surface area contributed by atoms with Crippen LogP contribution in [0.4, 0.5) is 0 Å². The van der Waals surface area contributed by atoms with E-state index in [4.69, 9.17) is 5.73 Å². The van der Waals surface area contributed by atoms with Crippen molar-refractivity contribution in [1.82, 2.24) is 10.2 Å². The number of carbonyl (C=O) groups excluding carboxylic acids is 1. The second-order valence-corrected chi connectivity index (χ2v) is 6.81. The van der Waals surface area contributed by atoms with Gasteiger partial charge in [0, 0.05) is 19.1 Å². The Morgan fingerprint density at radius 3 is 2.32 bits per heavy atom. The van der Waals surface area contributed by atoms with Crippen molar-refractivity contribution in [2.24, 2.45) is 17.6 Å². The van der Waals surface area contributed by atoms with E-state index in [-0.39, 0.29) is 11.9 Å². The third-order valence-corrected chi connectivity index (χ3v) is 4.37. The Bertz CT molecular complexity index is 296. The Morgan fingerprint density at radius 2 is 1.89 bits per heavy atom. The van der Waals surface area contributed by atoms with Gasteiger partial charge in [-0.3, -0.25) is 4.79 Å². The Balaban J connectivity index is 2.39. The van der Waals surface area contributed by atoms with Crippen LogP contribution in [-0.4, -0.2) is 42.0 Å². The number of primary amides is 1. The number of carbonyl (C=O) groups is 1. The molecule has 19 heavy (non-hydrogen) atoms. The molecule has 4 nitrogen and oxygen atoms in total. The van der Waals surface area contributed by atoms with Crippen molar-refractivity contribution < 1.29 is 4.79 Å². The molecular formula is C15H31N3O. The first kappa shape index (κ1) is 16.4. The number of nitrogens with zero attached hydrogens (tertiary/aromatic N) is 1. The Morgan fingerprint density at radius 1 is 1.37 bits per heavy atom. The first-order valence-corrected chi connectivity index (χ1v) is 7.54. The van der Waals surface area contributed by atoms with Crippen LogP contribution in [0.2, 0.25) is 0 Å². The second kappa shape index (κ2) is 6.71. The van der Waals surface area contributed by atoms with Crippen molar-refractivity contribution in [1.29, 1.82) is 0 Å². The molecule has 1 amide bonds. The highest BCUT2D eigenvalue weighted by Gasteiger charge is 2.32. The van der Waals surface area contributed by atoms with Crippen molar-refractivity contribution >= 4 is 5.91 Å². The normalized spacial score (nSPS) is 27.7. The van der Waals surface area contributed by atoms with Crippen LogP contribution in [-0.2, 0) is 4.79 Å². The standard InChI is InChI=1S/C15H31N3O/c1-11(2)17-15(5,14(16)19)7-6-8-18-9-12(3)13(4)10-18/h11-13,17H,6-10H2,1-5H3,(H2,16,19). The Labute approximate surface area is 118 Å². The summed E-state index contributed by atoms with van der Waals surface area (Å²) in [5.41, 5.74) is 4.96. The SMILES string of the molecule is CC(C)NC(C)(CCCN1CC(C)C(C)C1)C(N)=O. The Kier molecular flexibility index (Phi) is 5.81. The largest absolute Gasteiger partial charge is 0.368 e. The Hall–Kier alpha value is -0.610. The van der Waals surface area contributed by atoms with Gasteiger partial charge in [-0.25, -0.2) is 0 Å². The van der Waals surface area contributed by atoms with Crippen LogP contribution in [0.5, 0.6) is 0 Å². The molecule has 0 bridgehead atoms. The molecule has 0 aliphatic carbocycles. The minimum Gasteiger partial charge on any atom is -0.368 e. The van der Waals surface area contributed by atoms with E-state index in [1.54, 1.807) is 0 Å². The molecule has 112 valence electrons. The minimum atomic E-state index is -0.578. The lowest BCUT2D eigenvalue weighted by Gasteiger charge is -2.30. The van der Waals surface area contributed by atoms with Gasteiger partial charge in [0.15, 0.2) is 0 Å². The van der Waals surface area contributed by atoms with Gasteiger partial charge in [0.2, 0.25) is 5.91 Å². The van der Waals surface area contributed by atoms with Crippen LogP contribution in [0.1, 0.15) is 47.5 Å². The number of nitrogens with two attached hydrogens (primary N) is 1. The van der Waals surface area contributed by atoms with Crippen molar-refractivity contribution in [2.75, 3.05) is 19.6 Å². The maximum Gasteiger partial charge on any atom is 0.237 e. The zero-order valence-electron chi connectivity index (χ0n) is 13.2. The molecule has 1 fully saturated rings. The lowest BCUT2D eigenvalue weighted by molar-refractivity contribution is -0.124. The van der Waals surface area contributed by atoms with Crippen molar-refractivity contribution in [3.8, 4) is 0 Å². The topological polar surface area (TPSA) is 58.4 Å². The molecule has 3 unspecified atom stereocenters. The van der Waals surface area contributed by atoms with E-state index in [0.717, 1.165) is 31.2 Å². The molecule has 0 aromatic rings. The van der Waals surface area contributed by atoms with Crippen LogP contribution < -0.4 is 11.1 Å². The zero-order chi connectivity index (χ0) is 14.6. The van der Waals surface area contributed by atoms with Crippen LogP contribution in [0.15, 0.2) is 0 Å². The maximum atomic E-state index is 11.6. The predicted molar refractivity (Wildman–Crippen MR) is 79.9 cm³/mol. The third kappa shape index (κ3) is 4.77. The summed E-state index contributed by atoms with van der Waals surface area (Å²) >= 11 is 0. The molecule has 0 aromatic carbocycles. The lowest BCUT2D eigenvalue weighted by atomic mass is 9.94. The van der Waals surface area contributed by atoms with E-state index in [0.29, 0.717) is 0 Å². The number of hydrogen-bond acceptors (Lipinski definition) is 3. The number of likely N-dealkylation sites (tertiary alicyclic amines) is 1. The third-order valence-electron chi connectivity index (χ3n) is 4.37. The number of rotatable bonds is 7. The minimum absolute atomic E-state index is 0.246. The van der Waals surface area contributed by atoms with Gasteiger partial charge in [-0.05, 0) is 52.0 Å². The molecule has 1 saturated heterocycles. The molecule has 0 spiro atoms. The van der Waals surface area contributed by atoms with Crippen molar-refractivity contribution in [3.63, 3.8) is 0 Å². The number of hydrogen-bond donors (Lipinski definition) is 2. The predicted octanol–water partition coefficient (Wildman–Crippen LogP) is 1.60. The fourth-order valence-corrected chi connectivity index (χ4v) is 2.99. The molecule has 3 N–H and O–H groups in total. The lowest BCUT2D eigenvalue weighted by Crippen LogP contribution is -2.55. The van der Waals surface area contributed by atoms with Gasteiger partial charge in [-0.2, -0.15) is 0 Å². The van der Waals surface area contributed by atoms with Gasteiger partial charge in [0.25, 0.3) is 0 Å². The highest BCUT2D eigenvalue weighted by atomic mass is 16.1. The summed E-state index contributed by atoms with van der Waals surface area (Å²) in [6.07, 6.45) is 1.82. The molecule has 0 saturated carbocycles. The summed E-state index contributed by atoms with van der Waals surface area (Å²) in [6, 6.07) is 0.268. The molecule has 0 radical (unpaired) electrons. The summed E-state index contributed by atoms with van der Waals surface area (Å²) in [5, 5.41) is 3.31. The van der Waals surface area contributed by atoms with Gasteiger partial charge >= 0.3 is 0 Å². The van der Waals surface area contributed by atoms with Crippen LogP contribution in [0.3, 0.4) is 0 Å². The molecule has 1 rings (SSSR count). The fourth-order valence-electron chi connectivity index (χ4n) is 2.99. The van der Waals surface area contributed by atoms with E-state index in [1.165, 1.54) is 13.1 Å². The van der Waals surface area contributed by atoms with Gasteiger partial charge in [0.1, 0.15) is 0 Å². The summed E-state index contributed by atoms with van der Waals surface area (Å²) in [4.78, 5) is 14.1. The molecule has 4 heteroatoms. The molecule has 0 aromatic heterocycles. The van der Waals surface area contributed by atoms with Gasteiger partial charge in [0.05, 0.1) is 5.54 Å². The van der Waals surface area contributed by atoms with Crippen LogP contribution in [0.25, 0.3) is 0 Å². The summed E-state index contributed by atoms with van der Waals surface area (Å²) < 4.78 is 0. The smallest absolute Gasteiger partial charge is 0.237 e. The average Bonchev–Trinajstić information content (AvgIpc) is 2.57. The molecule has 3 atom stereocenters. The second-order valence-electron chi connectivity index (χ2n) is 6.81. The first-order valence-electron chi connectivity index (χ1n) is 7.54. The molecule has 1 aliphatic rings. The summed E-state index contributed by atoms with van der Waals surface area (Å²) in [7, 11) is 0. The highest BCUT2D eigenvalue weighted by molar-refractivity contribution is 5.84. The quantitative estimate of drug-likeness (QED) is 0.738. The van der Waals surface area contributed by atoms with E-state index >= 15 is 0 Å². The monoisotopic (exact) mass is 269 g/mol. The van der Waals surface area contributed by atoms with E-state index in [1.807, 2.05) is 20.8 Å². The van der Waals surface area contributed by atoms with E-state index < -0.39 is 5.54 Å². The average molecular weight is 269 g/mol. The fraction of sp³-hybridized carbons (Fsp3) is 0.933. The van der Waals surface area contributed by atoms with Gasteiger partial charge in [-0.1, -0.05) is 13.8 Å². The number of amides is 1. The summed E-state index contributed by atoms with van der Waals surface area (Å²) in [5.74, 6) is 1.33. The van der Waals surface area contributed by atoms with Gasteiger partial charge < -0.3 is 16.0 Å². The molecular weight excluding hydrogens is 238 g/mol. The van der Waals surface area contributed by atoms with Gasteiger partial charge in [-0.15, -0.1) is 0 Å². The summed E-state index contributed by atoms with van der Waals surface area (Å²) in [6.45, 7) is 14.1. The van der Waals surface area contributed by atoms with Crippen molar-refractivity contribution in [2.45, 2.75) is 59.0 Å². The first-order chi connectivity index (χ1) is 8.74. The molecule has 1 aliphatic heterocycles. The maximum absolute atomic E-state index is 11.6. The van der Waals surface area contributed by atoms with Crippen LogP contribution in [0, 0.1) is 11.8 Å². The van der Waals surface area contributed by atoms with Crippen molar-refractivity contribution in [3.05, 3.63) is 0 Å².